The summed E-state index contributed by atoms with van der Waals surface area (Å²) in [7, 11) is -1.19. The third kappa shape index (κ3) is 3.59. The van der Waals surface area contributed by atoms with Gasteiger partial charge in [-0.15, -0.1) is 0 Å². The average Bonchev–Trinajstić information content (AvgIpc) is 3.53. The fourth-order valence-electron chi connectivity index (χ4n) is 3.25. The highest BCUT2D eigenvalue weighted by atomic mass is 32.3. The molecule has 1 aromatic heterocycles. The van der Waals surface area contributed by atoms with E-state index in [-0.39, 0.29) is 11.3 Å². The number of aryl methyl sites for hydroxylation is 1. The van der Waals surface area contributed by atoms with E-state index in [9.17, 15) is 13.9 Å². The third-order valence-electron chi connectivity index (χ3n) is 5.17. The van der Waals surface area contributed by atoms with Crippen molar-refractivity contribution in [3.8, 4) is 22.6 Å². The Labute approximate surface area is 165 Å². The van der Waals surface area contributed by atoms with Gasteiger partial charge in [-0.25, -0.2) is 0 Å². The number of nitrogens with zero attached hydrogens (tertiary/aromatic N) is 1. The molecule has 0 bridgehead atoms. The summed E-state index contributed by atoms with van der Waals surface area (Å²) in [5.41, 5.74) is 1.66. The molecular weight excluding hydrogens is 380 g/mol. The third-order valence-corrected chi connectivity index (χ3v) is 6.99. The lowest BCUT2D eigenvalue weighted by Gasteiger charge is -2.32. The van der Waals surface area contributed by atoms with Crippen LogP contribution in [0.2, 0.25) is 0 Å². The molecule has 2 heterocycles. The van der Waals surface area contributed by atoms with Crippen molar-refractivity contribution < 1.29 is 18.6 Å². The molecule has 3 N–H and O–H groups in total. The van der Waals surface area contributed by atoms with E-state index in [0.29, 0.717) is 58.9 Å². The van der Waals surface area contributed by atoms with Crippen molar-refractivity contribution in [2.75, 3.05) is 30.8 Å². The van der Waals surface area contributed by atoms with Gasteiger partial charge < -0.3 is 19.4 Å². The lowest BCUT2D eigenvalue weighted by atomic mass is 10.0. The Morgan fingerprint density at radius 2 is 2.11 bits per heavy atom. The first-order valence-electron chi connectivity index (χ1n) is 9.54. The van der Waals surface area contributed by atoms with Crippen molar-refractivity contribution in [3.05, 3.63) is 34.7 Å². The van der Waals surface area contributed by atoms with Crippen LogP contribution < -0.4 is 20.3 Å². The van der Waals surface area contributed by atoms with Crippen LogP contribution in [0.15, 0.2) is 34.1 Å². The van der Waals surface area contributed by atoms with Gasteiger partial charge in [0.15, 0.2) is 5.75 Å². The minimum Gasteiger partial charge on any atom is -0.493 e. The van der Waals surface area contributed by atoms with Crippen LogP contribution in [0.4, 0.5) is 5.69 Å². The number of aromatic nitrogens is 1. The van der Waals surface area contributed by atoms with Crippen molar-refractivity contribution in [2.24, 2.45) is 13.0 Å². The summed E-state index contributed by atoms with van der Waals surface area (Å²) in [5, 5.41) is 3.12. The molecule has 1 aliphatic heterocycles. The Kier molecular flexibility index (Phi) is 5.03. The topological polar surface area (TPSA) is 93.0 Å². The van der Waals surface area contributed by atoms with Crippen LogP contribution in [-0.2, 0) is 7.05 Å². The van der Waals surface area contributed by atoms with Crippen LogP contribution in [0.25, 0.3) is 11.1 Å². The molecule has 1 aliphatic carbocycles. The van der Waals surface area contributed by atoms with E-state index in [4.69, 9.17) is 9.47 Å². The van der Waals surface area contributed by atoms with Crippen LogP contribution in [0.1, 0.15) is 19.8 Å². The summed E-state index contributed by atoms with van der Waals surface area (Å²) in [6, 6.07) is 5.24. The van der Waals surface area contributed by atoms with E-state index < -0.39 is 10.6 Å². The number of pyridine rings is 1. The van der Waals surface area contributed by atoms with Gasteiger partial charge in [0, 0.05) is 36.7 Å². The van der Waals surface area contributed by atoms with Gasteiger partial charge in [-0.2, -0.15) is 10.6 Å². The highest BCUT2D eigenvalue weighted by Crippen LogP contribution is 2.51. The number of anilines is 1. The van der Waals surface area contributed by atoms with E-state index in [1.54, 1.807) is 38.4 Å². The van der Waals surface area contributed by atoms with Gasteiger partial charge in [-0.1, -0.05) is 0 Å². The molecule has 152 valence electrons. The lowest BCUT2D eigenvalue weighted by molar-refractivity contribution is 0.300. The summed E-state index contributed by atoms with van der Waals surface area (Å²) in [5.74, 6) is 1.95. The maximum atomic E-state index is 12.5. The van der Waals surface area contributed by atoms with Crippen LogP contribution in [-0.4, -0.2) is 39.2 Å². The number of rotatable bonds is 6. The van der Waals surface area contributed by atoms with E-state index in [1.807, 2.05) is 0 Å². The molecular formula is C20H26N2O5S. The first-order valence-corrected chi connectivity index (χ1v) is 11.3. The maximum absolute atomic E-state index is 12.5. The number of fused-ring (bicyclic) bond motifs is 1. The molecule has 28 heavy (non-hydrogen) atoms. The first-order chi connectivity index (χ1) is 13.4. The van der Waals surface area contributed by atoms with Crippen molar-refractivity contribution >= 4 is 16.3 Å². The molecule has 4 rings (SSSR count). The minimum atomic E-state index is -2.88. The van der Waals surface area contributed by atoms with Gasteiger partial charge in [0.1, 0.15) is 18.0 Å². The number of ether oxygens (including phenoxy) is 2. The van der Waals surface area contributed by atoms with Gasteiger partial charge in [0.05, 0.1) is 11.5 Å². The van der Waals surface area contributed by atoms with Crippen molar-refractivity contribution in [3.63, 3.8) is 0 Å². The van der Waals surface area contributed by atoms with Gasteiger partial charge in [-0.3, -0.25) is 13.9 Å². The lowest BCUT2D eigenvalue weighted by Crippen LogP contribution is -2.28. The Morgan fingerprint density at radius 1 is 1.32 bits per heavy atom. The van der Waals surface area contributed by atoms with Gasteiger partial charge in [0.2, 0.25) is 0 Å². The number of nitrogens with one attached hydrogen (secondary N) is 1. The van der Waals surface area contributed by atoms with Crippen LogP contribution in [0.5, 0.6) is 11.5 Å². The predicted molar refractivity (Wildman–Crippen MR) is 111 cm³/mol. The first kappa shape index (κ1) is 19.2. The normalized spacial score (nSPS) is 16.7. The number of benzene rings is 1. The van der Waals surface area contributed by atoms with Crippen molar-refractivity contribution in [1.29, 1.82) is 0 Å². The summed E-state index contributed by atoms with van der Waals surface area (Å²) < 4.78 is 34.2. The second-order valence-electron chi connectivity index (χ2n) is 7.31. The molecule has 0 atom stereocenters. The zero-order chi connectivity index (χ0) is 19.9. The molecule has 2 aliphatic rings. The van der Waals surface area contributed by atoms with E-state index in [0.717, 1.165) is 0 Å². The van der Waals surface area contributed by atoms with Gasteiger partial charge >= 0.3 is 0 Å². The monoisotopic (exact) mass is 406 g/mol. The molecule has 1 aromatic carbocycles. The zero-order valence-electron chi connectivity index (χ0n) is 16.1. The maximum Gasteiger partial charge on any atom is 0.277 e. The standard InChI is InChI=1S/C20H26N2O5S/c1-3-28(24,25)14-6-7-17(27-12-13-4-5-13)15(10-14)16-11-22(2)20(23)18-19(16)26-9-8-21-18/h6-7,10-11,13,21,24-25H,3-5,8-9,12H2,1-2H3. The molecule has 0 amide bonds. The van der Waals surface area contributed by atoms with Crippen molar-refractivity contribution in [2.45, 2.75) is 24.7 Å². The molecule has 0 radical (unpaired) electrons. The summed E-state index contributed by atoms with van der Waals surface area (Å²) in [4.78, 5) is 12.9. The number of hydrogen-bond acceptors (Lipinski definition) is 6. The average molecular weight is 407 g/mol. The largest absolute Gasteiger partial charge is 0.493 e. The molecule has 1 saturated carbocycles. The van der Waals surface area contributed by atoms with Gasteiger partial charge in [-0.05, 0) is 43.9 Å². The SMILES string of the molecule is CCS(O)(O)c1ccc(OCC2CC2)c(-c2cn(C)c(=O)c3c2OCCN3)c1. The van der Waals surface area contributed by atoms with Crippen LogP contribution >= 0.6 is 10.6 Å². The fraction of sp³-hybridized carbons (Fsp3) is 0.450. The number of hydrogen-bond donors (Lipinski definition) is 3. The zero-order valence-corrected chi connectivity index (χ0v) is 16.9. The summed E-state index contributed by atoms with van der Waals surface area (Å²) >= 11 is 0. The molecule has 7 nitrogen and oxygen atoms in total. The molecule has 2 aromatic rings. The smallest absolute Gasteiger partial charge is 0.277 e. The Hall–Kier alpha value is -2.16. The Bertz CT molecular complexity index is 952. The predicted octanol–water partition coefficient (Wildman–Crippen LogP) is 3.77. The van der Waals surface area contributed by atoms with Crippen LogP contribution in [0, 0.1) is 5.92 Å². The van der Waals surface area contributed by atoms with E-state index >= 15 is 0 Å². The van der Waals surface area contributed by atoms with E-state index in [2.05, 4.69) is 5.32 Å². The molecule has 0 spiro atoms. The van der Waals surface area contributed by atoms with Gasteiger partial charge in [0.25, 0.3) is 5.56 Å². The molecule has 0 saturated heterocycles. The van der Waals surface area contributed by atoms with Crippen molar-refractivity contribution in [1.82, 2.24) is 4.57 Å². The molecule has 1 fully saturated rings. The highest BCUT2D eigenvalue weighted by Gasteiger charge is 2.26. The second-order valence-corrected chi connectivity index (χ2v) is 9.69. The molecule has 0 unspecified atom stereocenters. The summed E-state index contributed by atoms with van der Waals surface area (Å²) in [6.45, 7) is 3.39. The Morgan fingerprint density at radius 3 is 2.82 bits per heavy atom. The second kappa shape index (κ2) is 7.35. The minimum absolute atomic E-state index is 0.159. The van der Waals surface area contributed by atoms with Crippen LogP contribution in [0.3, 0.4) is 0 Å². The molecule has 8 heteroatoms. The Balaban J connectivity index is 1.87. The highest BCUT2D eigenvalue weighted by molar-refractivity contribution is 8.24. The fourth-order valence-corrected chi connectivity index (χ4v) is 4.18. The van der Waals surface area contributed by atoms with E-state index in [1.165, 1.54) is 17.4 Å². The summed E-state index contributed by atoms with van der Waals surface area (Å²) in [6.07, 6.45) is 4.06. The quantitative estimate of drug-likeness (QED) is 0.676.